The minimum atomic E-state index is -4.45. The summed E-state index contributed by atoms with van der Waals surface area (Å²) < 4.78 is 44.3. The number of alkyl halides is 3. The fourth-order valence-corrected chi connectivity index (χ4v) is 2.24. The van der Waals surface area contributed by atoms with Crippen LogP contribution in [0.4, 0.5) is 13.2 Å². The molecule has 0 fully saturated rings. The standard InChI is InChI=1S/C18H19F3O2/c1-12(2)13-3-5-14(6-4-13)15-9-16(18(19,20)21)11-17(10-15)23-8-7-22/h3-6,9-12,22H,7-8H2,1-2H3. The number of hydrogen-bond acceptors (Lipinski definition) is 2. The Morgan fingerprint density at radius 3 is 2.17 bits per heavy atom. The third-order valence-electron chi connectivity index (χ3n) is 3.50. The van der Waals surface area contributed by atoms with Crippen LogP contribution in [0.3, 0.4) is 0 Å². The molecule has 0 saturated heterocycles. The van der Waals surface area contributed by atoms with Crippen molar-refractivity contribution in [1.82, 2.24) is 0 Å². The Bertz CT molecular complexity index is 646. The van der Waals surface area contributed by atoms with Crippen LogP contribution in [-0.2, 0) is 6.18 Å². The van der Waals surface area contributed by atoms with Gasteiger partial charge in [0.05, 0.1) is 12.2 Å². The molecular formula is C18H19F3O2. The van der Waals surface area contributed by atoms with Crippen LogP contribution in [0.25, 0.3) is 11.1 Å². The Labute approximate surface area is 133 Å². The average Bonchev–Trinajstić information content (AvgIpc) is 2.52. The van der Waals surface area contributed by atoms with Gasteiger partial charge in [-0.2, -0.15) is 13.2 Å². The predicted molar refractivity (Wildman–Crippen MR) is 83.5 cm³/mol. The fraction of sp³-hybridized carbons (Fsp3) is 0.333. The third kappa shape index (κ3) is 4.48. The Balaban J connectivity index is 2.43. The molecule has 0 aliphatic heterocycles. The molecule has 1 N–H and O–H groups in total. The normalized spacial score (nSPS) is 11.8. The first-order valence-corrected chi connectivity index (χ1v) is 7.37. The number of hydrogen-bond donors (Lipinski definition) is 1. The maximum absolute atomic E-state index is 13.1. The van der Waals surface area contributed by atoms with E-state index in [1.54, 1.807) is 18.2 Å². The number of aliphatic hydroxyl groups is 1. The molecule has 23 heavy (non-hydrogen) atoms. The van der Waals surface area contributed by atoms with E-state index < -0.39 is 11.7 Å². The first-order valence-electron chi connectivity index (χ1n) is 7.37. The number of rotatable bonds is 5. The van der Waals surface area contributed by atoms with E-state index in [4.69, 9.17) is 9.84 Å². The zero-order chi connectivity index (χ0) is 17.0. The van der Waals surface area contributed by atoms with Gasteiger partial charge in [0.15, 0.2) is 0 Å². The van der Waals surface area contributed by atoms with Gasteiger partial charge in [0.1, 0.15) is 12.4 Å². The molecule has 0 unspecified atom stereocenters. The molecule has 124 valence electrons. The molecule has 0 bridgehead atoms. The van der Waals surface area contributed by atoms with E-state index in [1.165, 1.54) is 0 Å². The lowest BCUT2D eigenvalue weighted by molar-refractivity contribution is -0.137. The van der Waals surface area contributed by atoms with Crippen molar-refractivity contribution >= 4 is 0 Å². The minimum Gasteiger partial charge on any atom is -0.491 e. The maximum atomic E-state index is 13.1. The third-order valence-corrected chi connectivity index (χ3v) is 3.50. The van der Waals surface area contributed by atoms with E-state index in [0.29, 0.717) is 17.0 Å². The van der Waals surface area contributed by atoms with Crippen molar-refractivity contribution in [2.45, 2.75) is 25.9 Å². The highest BCUT2D eigenvalue weighted by atomic mass is 19.4. The number of halogens is 3. The van der Waals surface area contributed by atoms with Crippen LogP contribution in [0.1, 0.15) is 30.9 Å². The quantitative estimate of drug-likeness (QED) is 0.850. The van der Waals surface area contributed by atoms with Crippen LogP contribution >= 0.6 is 0 Å². The summed E-state index contributed by atoms with van der Waals surface area (Å²) in [6.07, 6.45) is -4.45. The van der Waals surface area contributed by atoms with Gasteiger partial charge in [0.2, 0.25) is 0 Å². The highest BCUT2D eigenvalue weighted by Gasteiger charge is 2.31. The van der Waals surface area contributed by atoms with Gasteiger partial charge in [0.25, 0.3) is 0 Å². The summed E-state index contributed by atoms with van der Waals surface area (Å²) >= 11 is 0. The lowest BCUT2D eigenvalue weighted by atomic mass is 9.97. The van der Waals surface area contributed by atoms with Crippen molar-refractivity contribution in [3.63, 3.8) is 0 Å². The summed E-state index contributed by atoms with van der Waals surface area (Å²) in [5, 5.41) is 8.78. The molecule has 0 aromatic heterocycles. The molecular weight excluding hydrogens is 305 g/mol. The molecule has 2 aromatic carbocycles. The molecule has 0 spiro atoms. The van der Waals surface area contributed by atoms with Crippen molar-refractivity contribution in [3.05, 3.63) is 53.6 Å². The van der Waals surface area contributed by atoms with Gasteiger partial charge in [-0.3, -0.25) is 0 Å². The second-order valence-electron chi connectivity index (χ2n) is 5.59. The van der Waals surface area contributed by atoms with Gasteiger partial charge >= 0.3 is 6.18 Å². The van der Waals surface area contributed by atoms with E-state index in [1.807, 2.05) is 12.1 Å². The lowest BCUT2D eigenvalue weighted by Gasteiger charge is -2.14. The van der Waals surface area contributed by atoms with E-state index in [0.717, 1.165) is 17.7 Å². The Morgan fingerprint density at radius 2 is 1.65 bits per heavy atom. The maximum Gasteiger partial charge on any atom is 0.416 e. The van der Waals surface area contributed by atoms with Gasteiger partial charge in [-0.15, -0.1) is 0 Å². The summed E-state index contributed by atoms with van der Waals surface area (Å²) in [6.45, 7) is 3.81. The van der Waals surface area contributed by atoms with Gasteiger partial charge in [0, 0.05) is 0 Å². The van der Waals surface area contributed by atoms with Gasteiger partial charge < -0.3 is 9.84 Å². The summed E-state index contributed by atoms with van der Waals surface area (Å²) in [6, 6.07) is 11.0. The van der Waals surface area contributed by atoms with Crippen LogP contribution in [-0.4, -0.2) is 18.3 Å². The smallest absolute Gasteiger partial charge is 0.416 e. The van der Waals surface area contributed by atoms with E-state index in [9.17, 15) is 13.2 Å². The number of ether oxygens (including phenoxy) is 1. The van der Waals surface area contributed by atoms with Crippen LogP contribution in [0.2, 0.25) is 0 Å². The average molecular weight is 324 g/mol. The van der Waals surface area contributed by atoms with Gasteiger partial charge in [-0.1, -0.05) is 38.1 Å². The molecule has 0 aliphatic rings. The zero-order valence-electron chi connectivity index (χ0n) is 13.0. The summed E-state index contributed by atoms with van der Waals surface area (Å²) in [4.78, 5) is 0. The molecule has 0 atom stereocenters. The predicted octanol–water partition coefficient (Wildman–Crippen LogP) is 4.87. The van der Waals surface area contributed by atoms with Crippen molar-refractivity contribution in [2.24, 2.45) is 0 Å². The Kier molecular flexibility index (Phi) is 5.31. The molecule has 0 radical (unpaired) electrons. The van der Waals surface area contributed by atoms with E-state index in [2.05, 4.69) is 13.8 Å². The first-order chi connectivity index (χ1) is 10.8. The van der Waals surface area contributed by atoms with Gasteiger partial charge in [-0.25, -0.2) is 0 Å². The Hall–Kier alpha value is -2.01. The second kappa shape index (κ2) is 7.04. The summed E-state index contributed by atoms with van der Waals surface area (Å²) in [5.41, 5.74) is 1.48. The highest BCUT2D eigenvalue weighted by Crippen LogP contribution is 2.36. The van der Waals surface area contributed by atoms with Crippen molar-refractivity contribution in [1.29, 1.82) is 0 Å². The molecule has 2 aromatic rings. The summed E-state index contributed by atoms with van der Waals surface area (Å²) in [5.74, 6) is 0.450. The zero-order valence-corrected chi connectivity index (χ0v) is 13.0. The Morgan fingerprint density at radius 1 is 1.00 bits per heavy atom. The van der Waals surface area contributed by atoms with Crippen LogP contribution < -0.4 is 4.74 Å². The second-order valence-corrected chi connectivity index (χ2v) is 5.59. The summed E-state index contributed by atoms with van der Waals surface area (Å²) in [7, 11) is 0. The monoisotopic (exact) mass is 324 g/mol. The first kappa shape index (κ1) is 17.3. The molecule has 0 aliphatic carbocycles. The van der Waals surface area contributed by atoms with Crippen LogP contribution in [0, 0.1) is 0 Å². The van der Waals surface area contributed by atoms with Crippen LogP contribution in [0.15, 0.2) is 42.5 Å². The van der Waals surface area contributed by atoms with Crippen LogP contribution in [0.5, 0.6) is 5.75 Å². The van der Waals surface area contributed by atoms with E-state index in [-0.39, 0.29) is 19.0 Å². The largest absolute Gasteiger partial charge is 0.491 e. The minimum absolute atomic E-state index is 0.0486. The molecule has 5 heteroatoms. The number of aliphatic hydroxyl groups excluding tert-OH is 1. The molecule has 0 amide bonds. The topological polar surface area (TPSA) is 29.5 Å². The fourth-order valence-electron chi connectivity index (χ4n) is 2.24. The van der Waals surface area contributed by atoms with Gasteiger partial charge in [-0.05, 0) is 40.8 Å². The number of benzene rings is 2. The molecule has 2 nitrogen and oxygen atoms in total. The van der Waals surface area contributed by atoms with E-state index >= 15 is 0 Å². The molecule has 0 saturated carbocycles. The van der Waals surface area contributed by atoms with Crippen molar-refractivity contribution in [2.75, 3.05) is 13.2 Å². The molecule has 2 rings (SSSR count). The van der Waals surface area contributed by atoms with Crippen molar-refractivity contribution < 1.29 is 23.0 Å². The molecule has 0 heterocycles. The lowest BCUT2D eigenvalue weighted by Crippen LogP contribution is -2.07. The SMILES string of the molecule is CC(C)c1ccc(-c2cc(OCCO)cc(C(F)(F)F)c2)cc1. The highest BCUT2D eigenvalue weighted by molar-refractivity contribution is 5.66. The van der Waals surface area contributed by atoms with Crippen molar-refractivity contribution in [3.8, 4) is 16.9 Å².